The van der Waals surface area contributed by atoms with E-state index in [1.54, 1.807) is 28.9 Å². The summed E-state index contributed by atoms with van der Waals surface area (Å²) in [5.74, 6) is 0.102. The summed E-state index contributed by atoms with van der Waals surface area (Å²) >= 11 is 0. The molecule has 0 radical (unpaired) electrons. The number of fused-ring (bicyclic) bond motifs is 1. The van der Waals surface area contributed by atoms with E-state index in [9.17, 15) is 13.2 Å². The molecule has 1 unspecified atom stereocenters. The van der Waals surface area contributed by atoms with Crippen LogP contribution in [0.15, 0.2) is 36.7 Å². The highest BCUT2D eigenvalue weighted by Gasteiger charge is 2.48. The Bertz CT molecular complexity index is 980. The molecule has 0 spiro atoms. The van der Waals surface area contributed by atoms with E-state index in [-0.39, 0.29) is 17.6 Å². The highest BCUT2D eigenvalue weighted by atomic mass is 19.4. The Balaban J connectivity index is 0.000000310. The molecule has 1 fully saturated rings. The molecule has 0 bridgehead atoms. The van der Waals surface area contributed by atoms with Crippen molar-refractivity contribution in [2.45, 2.75) is 44.4 Å². The zero-order valence-electron chi connectivity index (χ0n) is 16.7. The van der Waals surface area contributed by atoms with Gasteiger partial charge in [-0.1, -0.05) is 6.07 Å². The maximum absolute atomic E-state index is 13.1. The first-order valence-electron chi connectivity index (χ1n) is 9.49. The van der Waals surface area contributed by atoms with Gasteiger partial charge in [0.25, 0.3) is 0 Å². The Morgan fingerprint density at radius 1 is 1.13 bits per heavy atom. The van der Waals surface area contributed by atoms with Crippen molar-refractivity contribution in [3.05, 3.63) is 42.2 Å². The van der Waals surface area contributed by atoms with Gasteiger partial charge in [0.1, 0.15) is 0 Å². The zero-order valence-corrected chi connectivity index (χ0v) is 16.7. The average molecular weight is 423 g/mol. The highest BCUT2D eigenvalue weighted by Crippen LogP contribution is 2.40. The van der Waals surface area contributed by atoms with Crippen molar-refractivity contribution in [3.8, 4) is 11.4 Å². The quantitative estimate of drug-likeness (QED) is 0.656. The summed E-state index contributed by atoms with van der Waals surface area (Å²) in [7, 11) is 0. The zero-order chi connectivity index (χ0) is 21.9. The van der Waals surface area contributed by atoms with Gasteiger partial charge in [0.05, 0.1) is 41.2 Å². The largest absolute Gasteiger partial charge is 0.397 e. The van der Waals surface area contributed by atoms with Crippen LogP contribution in [-0.2, 0) is 10.2 Å². The first kappa shape index (κ1) is 22.0. The number of hydrogen-bond acceptors (Lipinski definition) is 6. The van der Waals surface area contributed by atoms with Gasteiger partial charge in [-0.3, -0.25) is 4.98 Å². The number of ether oxygens (including phenoxy) is 1. The van der Waals surface area contributed by atoms with Crippen molar-refractivity contribution in [2.75, 3.05) is 18.9 Å². The fraction of sp³-hybridized carbons (Fsp3) is 0.450. The van der Waals surface area contributed by atoms with Gasteiger partial charge in [0.2, 0.25) is 5.95 Å². The minimum Gasteiger partial charge on any atom is -0.391 e. The standard InChI is InChI=1S/C15H14F3N5.C5H10O2/c1-14(2,15(16,17)18)9-3-5-11(20-7-9)12-6-4-10-8-21-13(19)22-23(10)12;6-5-2-1-3-7-4-5/h3-8H,1-2H3,(H2,19,22);5-6H,1-4H2. The van der Waals surface area contributed by atoms with Crippen molar-refractivity contribution < 1.29 is 23.0 Å². The van der Waals surface area contributed by atoms with Gasteiger partial charge in [0, 0.05) is 12.8 Å². The summed E-state index contributed by atoms with van der Waals surface area (Å²) in [6.45, 7) is 3.63. The van der Waals surface area contributed by atoms with Crippen LogP contribution in [-0.4, -0.2) is 50.2 Å². The van der Waals surface area contributed by atoms with Gasteiger partial charge < -0.3 is 15.6 Å². The lowest BCUT2D eigenvalue weighted by Gasteiger charge is -2.27. The topological polar surface area (TPSA) is 98.6 Å². The molecule has 3 aromatic heterocycles. The fourth-order valence-electron chi connectivity index (χ4n) is 2.91. The Hall–Kier alpha value is -2.72. The van der Waals surface area contributed by atoms with E-state index in [1.807, 2.05) is 0 Å². The lowest BCUT2D eigenvalue weighted by atomic mass is 9.85. The van der Waals surface area contributed by atoms with Crippen LogP contribution in [0.1, 0.15) is 32.3 Å². The summed E-state index contributed by atoms with van der Waals surface area (Å²) in [5, 5.41) is 12.9. The maximum atomic E-state index is 13.1. The SMILES string of the molecule is CC(C)(c1ccc(-c2ccc3cnc(N)nn23)nc1)C(F)(F)F.OC1CCCOC1. The van der Waals surface area contributed by atoms with E-state index in [1.165, 1.54) is 12.3 Å². The second-order valence-corrected chi connectivity index (χ2v) is 7.60. The van der Waals surface area contributed by atoms with Crippen LogP contribution >= 0.6 is 0 Å². The minimum absolute atomic E-state index is 0.101. The number of anilines is 1. The van der Waals surface area contributed by atoms with E-state index in [0.717, 1.165) is 38.8 Å². The smallest absolute Gasteiger partial charge is 0.391 e. The summed E-state index contributed by atoms with van der Waals surface area (Å²) < 4.78 is 45.7. The van der Waals surface area contributed by atoms with Gasteiger partial charge in [-0.15, -0.1) is 5.10 Å². The van der Waals surface area contributed by atoms with Gasteiger partial charge in [-0.05, 0) is 50.5 Å². The molecule has 7 nitrogen and oxygen atoms in total. The third-order valence-corrected chi connectivity index (χ3v) is 5.01. The van der Waals surface area contributed by atoms with E-state index >= 15 is 0 Å². The molecule has 1 atom stereocenters. The van der Waals surface area contributed by atoms with Crippen LogP contribution in [0.3, 0.4) is 0 Å². The van der Waals surface area contributed by atoms with Crippen LogP contribution in [0, 0.1) is 0 Å². The van der Waals surface area contributed by atoms with Gasteiger partial charge in [-0.25, -0.2) is 9.50 Å². The van der Waals surface area contributed by atoms with Gasteiger partial charge in [0.15, 0.2) is 0 Å². The number of aliphatic hydroxyl groups is 1. The summed E-state index contributed by atoms with van der Waals surface area (Å²) in [4.78, 5) is 8.05. The Morgan fingerprint density at radius 3 is 2.43 bits per heavy atom. The van der Waals surface area contributed by atoms with Crippen molar-refractivity contribution in [1.29, 1.82) is 0 Å². The number of aromatic nitrogens is 4. The van der Waals surface area contributed by atoms with E-state index in [0.29, 0.717) is 18.0 Å². The van der Waals surface area contributed by atoms with Gasteiger partial charge in [-0.2, -0.15) is 13.2 Å². The van der Waals surface area contributed by atoms with Crippen molar-refractivity contribution in [2.24, 2.45) is 0 Å². The van der Waals surface area contributed by atoms with Crippen LogP contribution in [0.4, 0.5) is 19.1 Å². The molecule has 0 aliphatic carbocycles. The number of halogens is 3. The molecule has 0 aromatic carbocycles. The van der Waals surface area contributed by atoms with E-state index in [2.05, 4.69) is 15.1 Å². The Labute approximate surface area is 171 Å². The lowest BCUT2D eigenvalue weighted by molar-refractivity contribution is -0.180. The van der Waals surface area contributed by atoms with Crippen LogP contribution in [0.5, 0.6) is 0 Å². The molecule has 3 aromatic rings. The van der Waals surface area contributed by atoms with Crippen molar-refractivity contribution in [1.82, 2.24) is 19.6 Å². The number of nitrogens with zero attached hydrogens (tertiary/aromatic N) is 4. The minimum atomic E-state index is -4.35. The monoisotopic (exact) mass is 423 g/mol. The number of nitrogens with two attached hydrogens (primary N) is 1. The number of rotatable bonds is 2. The summed E-state index contributed by atoms with van der Waals surface area (Å²) in [6.07, 6.45) is 0.203. The molecule has 1 aliphatic rings. The van der Waals surface area contributed by atoms with E-state index < -0.39 is 11.6 Å². The molecule has 30 heavy (non-hydrogen) atoms. The van der Waals surface area contributed by atoms with Gasteiger partial charge >= 0.3 is 6.18 Å². The van der Waals surface area contributed by atoms with Crippen LogP contribution < -0.4 is 5.73 Å². The third kappa shape index (κ3) is 4.71. The molecule has 3 N–H and O–H groups in total. The number of aliphatic hydroxyl groups excluding tert-OH is 1. The Morgan fingerprint density at radius 2 is 1.90 bits per heavy atom. The summed E-state index contributed by atoms with van der Waals surface area (Å²) in [5.41, 5.74) is 5.56. The maximum Gasteiger partial charge on any atom is 0.397 e. The molecule has 1 aliphatic heterocycles. The predicted octanol–water partition coefficient (Wildman–Crippen LogP) is 3.37. The predicted molar refractivity (Wildman–Crippen MR) is 106 cm³/mol. The normalized spacial score (nSPS) is 17.5. The number of alkyl halides is 3. The first-order chi connectivity index (χ1) is 14.1. The average Bonchev–Trinajstić information content (AvgIpc) is 3.11. The van der Waals surface area contributed by atoms with Crippen molar-refractivity contribution >= 4 is 11.5 Å². The first-order valence-corrected chi connectivity index (χ1v) is 9.49. The Kier molecular flexibility index (Phi) is 6.27. The molecule has 0 saturated carbocycles. The molecular weight excluding hydrogens is 399 g/mol. The summed E-state index contributed by atoms with van der Waals surface area (Å²) in [6, 6.07) is 6.52. The number of nitrogen functional groups attached to an aromatic ring is 1. The number of pyridine rings is 1. The highest BCUT2D eigenvalue weighted by molar-refractivity contribution is 5.63. The second kappa shape index (κ2) is 8.57. The fourth-order valence-corrected chi connectivity index (χ4v) is 2.91. The number of hydrogen-bond donors (Lipinski definition) is 2. The van der Waals surface area contributed by atoms with Crippen LogP contribution in [0.2, 0.25) is 0 Å². The molecule has 1 saturated heterocycles. The van der Waals surface area contributed by atoms with Crippen molar-refractivity contribution in [3.63, 3.8) is 0 Å². The van der Waals surface area contributed by atoms with Crippen LogP contribution in [0.25, 0.3) is 16.9 Å². The lowest BCUT2D eigenvalue weighted by Crippen LogP contribution is -2.36. The molecule has 4 heterocycles. The second-order valence-electron chi connectivity index (χ2n) is 7.60. The van der Waals surface area contributed by atoms with E-state index in [4.69, 9.17) is 15.6 Å². The molecule has 10 heteroatoms. The molecule has 0 amide bonds. The third-order valence-electron chi connectivity index (χ3n) is 5.01. The molecular formula is C20H24F3N5O2. The molecule has 4 rings (SSSR count). The molecule has 162 valence electrons.